The van der Waals surface area contributed by atoms with E-state index in [0.29, 0.717) is 6.54 Å². The van der Waals surface area contributed by atoms with Gasteiger partial charge in [-0.3, -0.25) is 4.90 Å². The number of rotatable bonds is 4. The van der Waals surface area contributed by atoms with E-state index in [1.807, 2.05) is 37.3 Å². The van der Waals surface area contributed by atoms with E-state index in [1.54, 1.807) is 0 Å². The average molecular weight is 291 g/mol. The van der Waals surface area contributed by atoms with Crippen molar-refractivity contribution in [3.05, 3.63) is 29.8 Å². The van der Waals surface area contributed by atoms with Crippen LogP contribution in [0, 0.1) is 0 Å². The second-order valence-electron chi connectivity index (χ2n) is 5.69. The molecule has 0 radical (unpaired) electrons. The van der Waals surface area contributed by atoms with Crippen molar-refractivity contribution >= 4 is 6.08 Å². The van der Waals surface area contributed by atoms with Gasteiger partial charge >= 0.3 is 0 Å². The third-order valence-electron chi connectivity index (χ3n) is 3.68. The van der Waals surface area contributed by atoms with Crippen LogP contribution in [-0.4, -0.2) is 55.2 Å². The van der Waals surface area contributed by atoms with Gasteiger partial charge in [-0.05, 0) is 24.6 Å². The van der Waals surface area contributed by atoms with Crippen LogP contribution in [0.5, 0.6) is 11.5 Å². The second kappa shape index (κ2) is 6.05. The van der Waals surface area contributed by atoms with E-state index in [-0.39, 0.29) is 6.79 Å². The molecule has 0 saturated carbocycles. The SMILES string of the molecule is CC(O)(/C=C/c1ccc2c(c1)OCO2)CN1CCOCC1. The number of fused-ring (bicyclic) bond motifs is 1. The molecule has 1 aromatic rings. The van der Waals surface area contributed by atoms with Gasteiger partial charge in [-0.2, -0.15) is 0 Å². The molecule has 0 spiro atoms. The third kappa shape index (κ3) is 3.75. The summed E-state index contributed by atoms with van der Waals surface area (Å²) < 4.78 is 16.0. The van der Waals surface area contributed by atoms with Crippen LogP contribution in [0.3, 0.4) is 0 Å². The minimum atomic E-state index is -0.867. The number of nitrogens with zero attached hydrogens (tertiary/aromatic N) is 1. The Bertz CT molecular complexity index is 521. The summed E-state index contributed by atoms with van der Waals surface area (Å²) >= 11 is 0. The lowest BCUT2D eigenvalue weighted by molar-refractivity contribution is -0.00217. The van der Waals surface area contributed by atoms with Gasteiger partial charge < -0.3 is 19.3 Å². The van der Waals surface area contributed by atoms with Crippen LogP contribution >= 0.6 is 0 Å². The topological polar surface area (TPSA) is 51.2 Å². The quantitative estimate of drug-likeness (QED) is 0.911. The van der Waals surface area contributed by atoms with E-state index in [2.05, 4.69) is 4.90 Å². The fourth-order valence-corrected chi connectivity index (χ4v) is 2.56. The van der Waals surface area contributed by atoms with Gasteiger partial charge in [0.05, 0.1) is 18.8 Å². The van der Waals surface area contributed by atoms with Crippen molar-refractivity contribution in [3.63, 3.8) is 0 Å². The number of β-amino-alcohol motifs (C(OH)–C–C–N with tert-alkyl or cyclic N) is 1. The van der Waals surface area contributed by atoms with Crippen molar-refractivity contribution in [2.75, 3.05) is 39.6 Å². The Morgan fingerprint density at radius 1 is 1.24 bits per heavy atom. The van der Waals surface area contributed by atoms with Crippen LogP contribution in [0.25, 0.3) is 6.08 Å². The molecule has 1 saturated heterocycles. The van der Waals surface area contributed by atoms with Crippen LogP contribution in [0.1, 0.15) is 12.5 Å². The van der Waals surface area contributed by atoms with Gasteiger partial charge in [-0.25, -0.2) is 0 Å². The average Bonchev–Trinajstić information content (AvgIpc) is 2.93. The fraction of sp³-hybridized carbons (Fsp3) is 0.500. The summed E-state index contributed by atoms with van der Waals surface area (Å²) in [5, 5.41) is 10.5. The predicted molar refractivity (Wildman–Crippen MR) is 79.5 cm³/mol. The van der Waals surface area contributed by atoms with Gasteiger partial charge in [0.25, 0.3) is 0 Å². The van der Waals surface area contributed by atoms with E-state index >= 15 is 0 Å². The first-order valence-corrected chi connectivity index (χ1v) is 7.24. The molecule has 3 rings (SSSR count). The smallest absolute Gasteiger partial charge is 0.231 e. The molecule has 1 atom stereocenters. The van der Waals surface area contributed by atoms with Gasteiger partial charge in [0, 0.05) is 19.6 Å². The van der Waals surface area contributed by atoms with Gasteiger partial charge in [-0.1, -0.05) is 18.2 Å². The normalized spacial score (nSPS) is 21.6. The zero-order chi connectivity index (χ0) is 14.7. The lowest BCUT2D eigenvalue weighted by atomic mass is 10.0. The van der Waals surface area contributed by atoms with Gasteiger partial charge in [-0.15, -0.1) is 0 Å². The maximum Gasteiger partial charge on any atom is 0.231 e. The molecule has 2 heterocycles. The molecule has 114 valence electrons. The zero-order valence-electron chi connectivity index (χ0n) is 12.2. The number of hydrogen-bond acceptors (Lipinski definition) is 5. The van der Waals surface area contributed by atoms with Gasteiger partial charge in [0.2, 0.25) is 6.79 Å². The van der Waals surface area contributed by atoms with Crippen molar-refractivity contribution < 1.29 is 19.3 Å². The molecule has 5 nitrogen and oxygen atoms in total. The highest BCUT2D eigenvalue weighted by atomic mass is 16.7. The second-order valence-corrected chi connectivity index (χ2v) is 5.69. The van der Waals surface area contributed by atoms with Gasteiger partial charge in [0.1, 0.15) is 0 Å². The number of benzene rings is 1. The minimum absolute atomic E-state index is 0.275. The lowest BCUT2D eigenvalue weighted by Crippen LogP contribution is -2.45. The molecule has 1 unspecified atom stereocenters. The largest absolute Gasteiger partial charge is 0.454 e. The van der Waals surface area contributed by atoms with Crippen LogP contribution < -0.4 is 9.47 Å². The Morgan fingerprint density at radius 3 is 2.81 bits per heavy atom. The first-order valence-electron chi connectivity index (χ1n) is 7.24. The standard InChI is InChI=1S/C16H21NO4/c1-16(18,11-17-6-8-19-9-7-17)5-4-13-2-3-14-15(10-13)21-12-20-14/h2-5,10,18H,6-9,11-12H2,1H3/b5-4+. The molecule has 2 aliphatic rings. The maximum absolute atomic E-state index is 10.5. The summed E-state index contributed by atoms with van der Waals surface area (Å²) in [6.07, 6.45) is 3.75. The molecule has 0 aromatic heterocycles. The van der Waals surface area contributed by atoms with E-state index in [4.69, 9.17) is 14.2 Å². The van der Waals surface area contributed by atoms with E-state index < -0.39 is 5.60 Å². The van der Waals surface area contributed by atoms with Crippen LogP contribution in [0.2, 0.25) is 0 Å². The van der Waals surface area contributed by atoms with Crippen LogP contribution in [-0.2, 0) is 4.74 Å². The molecule has 5 heteroatoms. The predicted octanol–water partition coefficient (Wildman–Crippen LogP) is 1.51. The highest BCUT2D eigenvalue weighted by molar-refractivity contribution is 5.57. The van der Waals surface area contributed by atoms with E-state index in [0.717, 1.165) is 43.4 Å². The monoisotopic (exact) mass is 291 g/mol. The van der Waals surface area contributed by atoms with E-state index in [9.17, 15) is 5.11 Å². The molecular formula is C16H21NO4. The van der Waals surface area contributed by atoms with Crippen molar-refractivity contribution in [1.82, 2.24) is 4.90 Å². The third-order valence-corrected chi connectivity index (χ3v) is 3.68. The number of ether oxygens (including phenoxy) is 3. The highest BCUT2D eigenvalue weighted by Crippen LogP contribution is 2.33. The Morgan fingerprint density at radius 2 is 2.00 bits per heavy atom. The summed E-state index contributed by atoms with van der Waals surface area (Å²) in [5.74, 6) is 1.53. The Balaban J connectivity index is 1.63. The number of morpholine rings is 1. The van der Waals surface area contributed by atoms with Crippen molar-refractivity contribution in [2.24, 2.45) is 0 Å². The number of aliphatic hydroxyl groups is 1. The summed E-state index contributed by atoms with van der Waals surface area (Å²) in [4.78, 5) is 2.22. The van der Waals surface area contributed by atoms with Gasteiger partial charge in [0.15, 0.2) is 11.5 Å². The fourth-order valence-electron chi connectivity index (χ4n) is 2.56. The molecule has 0 aliphatic carbocycles. The van der Waals surface area contributed by atoms with E-state index in [1.165, 1.54) is 0 Å². The summed E-state index contributed by atoms with van der Waals surface area (Å²) in [5.41, 5.74) is 0.120. The molecule has 1 N–H and O–H groups in total. The Labute approximate surface area is 124 Å². The molecule has 1 fully saturated rings. The molecule has 0 amide bonds. The molecule has 2 aliphatic heterocycles. The van der Waals surface area contributed by atoms with Crippen LogP contribution in [0.15, 0.2) is 24.3 Å². The highest BCUT2D eigenvalue weighted by Gasteiger charge is 2.22. The van der Waals surface area contributed by atoms with Crippen molar-refractivity contribution in [2.45, 2.75) is 12.5 Å². The summed E-state index contributed by atoms with van der Waals surface area (Å²) in [7, 11) is 0. The minimum Gasteiger partial charge on any atom is -0.454 e. The Hall–Kier alpha value is -1.56. The molecular weight excluding hydrogens is 270 g/mol. The Kier molecular flexibility index (Phi) is 4.14. The zero-order valence-corrected chi connectivity index (χ0v) is 12.2. The maximum atomic E-state index is 10.5. The first kappa shape index (κ1) is 14.4. The number of hydrogen-bond donors (Lipinski definition) is 1. The van der Waals surface area contributed by atoms with Crippen LogP contribution in [0.4, 0.5) is 0 Å². The molecule has 0 bridgehead atoms. The molecule has 21 heavy (non-hydrogen) atoms. The first-order chi connectivity index (χ1) is 10.1. The lowest BCUT2D eigenvalue weighted by Gasteiger charge is -2.32. The van der Waals surface area contributed by atoms with Crippen molar-refractivity contribution in [1.29, 1.82) is 0 Å². The summed E-state index contributed by atoms with van der Waals surface area (Å²) in [6, 6.07) is 5.76. The van der Waals surface area contributed by atoms with Crippen molar-refractivity contribution in [3.8, 4) is 11.5 Å². The summed E-state index contributed by atoms with van der Waals surface area (Å²) in [6.45, 7) is 5.92. The molecule has 1 aromatic carbocycles.